The molecule has 2 rings (SSSR count). The molecule has 1 aliphatic rings. The first-order valence-electron chi connectivity index (χ1n) is 7.62. The zero-order chi connectivity index (χ0) is 17.1. The summed E-state index contributed by atoms with van der Waals surface area (Å²) >= 11 is 0. The Morgan fingerprint density at radius 1 is 1.35 bits per heavy atom. The Labute approximate surface area is 136 Å². The lowest BCUT2D eigenvalue weighted by Gasteiger charge is -2.36. The van der Waals surface area contributed by atoms with Crippen LogP contribution in [0.2, 0.25) is 0 Å². The molecule has 128 valence electrons. The second-order valence-electron chi connectivity index (χ2n) is 5.78. The van der Waals surface area contributed by atoms with Crippen molar-refractivity contribution in [3.63, 3.8) is 0 Å². The Kier molecular flexibility index (Phi) is 5.28. The molecule has 1 aromatic carbocycles. The van der Waals surface area contributed by atoms with Crippen molar-refractivity contribution >= 4 is 16.0 Å². The van der Waals surface area contributed by atoms with E-state index in [1.165, 1.54) is 18.2 Å². The van der Waals surface area contributed by atoms with Gasteiger partial charge in [-0.25, -0.2) is 8.68 Å². The summed E-state index contributed by atoms with van der Waals surface area (Å²) < 4.78 is 31.1. The molecule has 0 atom stereocenters. The molecule has 1 aliphatic heterocycles. The molecule has 8 heteroatoms. The van der Waals surface area contributed by atoms with E-state index < -0.39 is 16.0 Å². The summed E-state index contributed by atoms with van der Waals surface area (Å²) in [5.41, 5.74) is -0.124. The van der Waals surface area contributed by atoms with E-state index in [2.05, 4.69) is 5.32 Å². The Balaban J connectivity index is 2.43. The van der Waals surface area contributed by atoms with E-state index in [1.54, 1.807) is 7.05 Å². The number of rotatable bonds is 6. The van der Waals surface area contributed by atoms with Gasteiger partial charge in [0, 0.05) is 13.1 Å². The summed E-state index contributed by atoms with van der Waals surface area (Å²) in [6.45, 7) is 4.40. The fourth-order valence-corrected chi connectivity index (χ4v) is 4.22. The highest BCUT2D eigenvalue weighted by atomic mass is 32.2. The smallest absolute Gasteiger partial charge is 0.339 e. The molecule has 1 fully saturated rings. The van der Waals surface area contributed by atoms with Gasteiger partial charge < -0.3 is 15.2 Å². The van der Waals surface area contributed by atoms with Crippen molar-refractivity contribution in [2.45, 2.75) is 18.2 Å². The van der Waals surface area contributed by atoms with Crippen LogP contribution in [0.15, 0.2) is 23.1 Å². The number of nitrogens with one attached hydrogen (secondary N) is 1. The summed E-state index contributed by atoms with van der Waals surface area (Å²) in [5, 5.41) is 12.5. The molecule has 0 unspecified atom stereocenters. The number of hydrogen-bond acceptors (Lipinski definition) is 5. The molecular weight excluding hydrogens is 320 g/mol. The predicted molar refractivity (Wildman–Crippen MR) is 85.2 cm³/mol. The molecule has 1 heterocycles. The lowest BCUT2D eigenvalue weighted by atomic mass is 10.2. The Morgan fingerprint density at radius 2 is 2.00 bits per heavy atom. The predicted octanol–water partition coefficient (Wildman–Crippen LogP) is 0.912. The number of carboxylic acids is 1. The van der Waals surface area contributed by atoms with E-state index in [4.69, 9.17) is 4.74 Å². The number of likely N-dealkylation sites (N-methyl/N-ethyl adjacent to an activating group) is 1. The van der Waals surface area contributed by atoms with Crippen LogP contribution in [-0.2, 0) is 10.0 Å². The van der Waals surface area contributed by atoms with Crippen LogP contribution in [0.4, 0.5) is 0 Å². The van der Waals surface area contributed by atoms with Gasteiger partial charge in [0.15, 0.2) is 0 Å². The Bertz CT molecular complexity index is 681. The summed E-state index contributed by atoms with van der Waals surface area (Å²) in [5.74, 6) is -1.00. The monoisotopic (exact) mass is 343 g/mol. The van der Waals surface area contributed by atoms with Crippen molar-refractivity contribution in [2.75, 3.05) is 39.8 Å². The van der Waals surface area contributed by atoms with Crippen LogP contribution in [0.3, 0.4) is 0 Å². The lowest BCUT2D eigenvalue weighted by Crippen LogP contribution is -2.58. The van der Waals surface area contributed by atoms with Crippen molar-refractivity contribution in [1.29, 1.82) is 0 Å². The quantitative estimate of drug-likeness (QED) is 0.746. The highest BCUT2D eigenvalue weighted by Crippen LogP contribution is 2.28. The lowest BCUT2D eigenvalue weighted by molar-refractivity contribution is -0.787. The fraction of sp³-hybridized carbons (Fsp3) is 0.533. The first-order valence-corrected chi connectivity index (χ1v) is 9.06. The highest BCUT2D eigenvalue weighted by Gasteiger charge is 2.40. The largest absolute Gasteiger partial charge is 0.493 e. The number of quaternary nitrogens is 1. The third-order valence-corrected chi connectivity index (χ3v) is 6.42. The number of aromatic carboxylic acids is 1. The zero-order valence-electron chi connectivity index (χ0n) is 13.4. The van der Waals surface area contributed by atoms with Crippen LogP contribution in [-0.4, -0.2) is 63.2 Å². The second-order valence-corrected chi connectivity index (χ2v) is 8.08. The standard InChI is InChI=1S/C15H22N2O5S/c1-3-10-22-14-5-4-12(11-13(14)15(18)19)23(20,21)17(2)8-6-16-7-9-17/h4-5,11,16H,3,6-10H2,1-2H3/p+1. The maximum atomic E-state index is 12.9. The molecule has 0 spiro atoms. The number of piperazine rings is 1. The van der Waals surface area contributed by atoms with E-state index >= 15 is 0 Å². The summed E-state index contributed by atoms with van der Waals surface area (Å²) in [6, 6.07) is 4.06. The van der Waals surface area contributed by atoms with Gasteiger partial charge in [-0.3, -0.25) is 0 Å². The minimum Gasteiger partial charge on any atom is -0.493 e. The van der Waals surface area contributed by atoms with Gasteiger partial charge in [-0.2, -0.15) is 8.42 Å². The minimum absolute atomic E-state index is 0.0168. The normalized spacial score (nSPS) is 17.7. The molecule has 7 nitrogen and oxygen atoms in total. The van der Waals surface area contributed by atoms with Crippen molar-refractivity contribution in [1.82, 2.24) is 5.32 Å². The van der Waals surface area contributed by atoms with Crippen LogP contribution in [0.25, 0.3) is 0 Å². The number of nitrogens with zero attached hydrogens (tertiary/aromatic N) is 1. The van der Waals surface area contributed by atoms with Crippen LogP contribution in [0.1, 0.15) is 23.7 Å². The fourth-order valence-electron chi connectivity index (χ4n) is 2.54. The van der Waals surface area contributed by atoms with E-state index in [-0.39, 0.29) is 20.1 Å². The van der Waals surface area contributed by atoms with Crippen molar-refractivity contribution in [3.8, 4) is 5.75 Å². The molecule has 0 aliphatic carbocycles. The van der Waals surface area contributed by atoms with Gasteiger partial charge in [0.05, 0.1) is 13.7 Å². The summed E-state index contributed by atoms with van der Waals surface area (Å²) in [7, 11) is -2.01. The molecule has 1 aromatic rings. The van der Waals surface area contributed by atoms with Gasteiger partial charge >= 0.3 is 16.0 Å². The van der Waals surface area contributed by atoms with Crippen LogP contribution >= 0.6 is 0 Å². The molecule has 0 radical (unpaired) electrons. The van der Waals surface area contributed by atoms with Gasteiger partial charge in [-0.1, -0.05) is 6.92 Å². The van der Waals surface area contributed by atoms with Gasteiger partial charge in [-0.15, -0.1) is 0 Å². The van der Waals surface area contributed by atoms with Crippen molar-refractivity contribution < 1.29 is 26.9 Å². The average molecular weight is 343 g/mol. The topological polar surface area (TPSA) is 92.7 Å². The maximum Gasteiger partial charge on any atom is 0.339 e. The van der Waals surface area contributed by atoms with Gasteiger partial charge in [-0.05, 0) is 24.6 Å². The number of benzene rings is 1. The van der Waals surface area contributed by atoms with Crippen molar-refractivity contribution in [3.05, 3.63) is 23.8 Å². The number of ether oxygens (including phenoxy) is 1. The van der Waals surface area contributed by atoms with Gasteiger partial charge in [0.25, 0.3) is 0 Å². The molecular formula is C15H23N2O5S+. The third kappa shape index (κ3) is 3.49. The molecule has 2 N–H and O–H groups in total. The molecule has 0 bridgehead atoms. The third-order valence-electron chi connectivity index (χ3n) is 4.04. The molecule has 0 amide bonds. The highest BCUT2D eigenvalue weighted by molar-refractivity contribution is 7.86. The SMILES string of the molecule is CCCOc1ccc(S(=O)(=O)[N+]2(C)CCNCC2)cc1C(=O)O. The van der Waals surface area contributed by atoms with E-state index in [0.29, 0.717) is 32.8 Å². The second kappa shape index (κ2) is 6.86. The summed E-state index contributed by atoms with van der Waals surface area (Å²) in [4.78, 5) is 11.4. The van der Waals surface area contributed by atoms with E-state index in [9.17, 15) is 18.3 Å². The van der Waals surface area contributed by atoms with Crippen molar-refractivity contribution in [2.24, 2.45) is 0 Å². The minimum atomic E-state index is -3.68. The molecule has 0 aromatic heterocycles. The van der Waals surface area contributed by atoms with Crippen LogP contribution in [0, 0.1) is 0 Å². The van der Waals surface area contributed by atoms with Gasteiger partial charge in [0.2, 0.25) is 0 Å². The zero-order valence-corrected chi connectivity index (χ0v) is 14.2. The number of carboxylic acid groups (broad SMARTS) is 1. The molecule has 1 saturated heterocycles. The van der Waals surface area contributed by atoms with Gasteiger partial charge in [0.1, 0.15) is 29.3 Å². The average Bonchev–Trinajstić information content (AvgIpc) is 2.53. The molecule has 0 saturated carbocycles. The van der Waals surface area contributed by atoms with Crippen LogP contribution < -0.4 is 10.1 Å². The maximum absolute atomic E-state index is 12.9. The number of sulfonamides is 1. The number of carbonyl (C=O) groups is 1. The Morgan fingerprint density at radius 3 is 2.57 bits per heavy atom. The van der Waals surface area contributed by atoms with E-state index in [1.807, 2.05) is 6.92 Å². The number of hydrogen-bond donors (Lipinski definition) is 2. The first-order chi connectivity index (χ1) is 10.8. The Hall–Kier alpha value is -1.64. The van der Waals surface area contributed by atoms with E-state index in [0.717, 1.165) is 6.42 Å². The molecule has 23 heavy (non-hydrogen) atoms. The van der Waals surface area contributed by atoms with Crippen LogP contribution in [0.5, 0.6) is 5.75 Å². The first kappa shape index (κ1) is 17.7. The summed E-state index contributed by atoms with van der Waals surface area (Å²) in [6.07, 6.45) is 0.737.